The Morgan fingerprint density at radius 2 is 1.76 bits per heavy atom. The molecule has 0 N–H and O–H groups in total. The summed E-state index contributed by atoms with van der Waals surface area (Å²) in [4.78, 5) is 46.7. The lowest BCUT2D eigenvalue weighted by Crippen LogP contribution is -2.54. The average molecular weight is 453 g/mol. The highest BCUT2D eigenvalue weighted by molar-refractivity contribution is 5.95. The summed E-state index contributed by atoms with van der Waals surface area (Å²) in [7, 11) is 1.35. The Morgan fingerprint density at radius 3 is 2.36 bits per heavy atom. The van der Waals surface area contributed by atoms with Gasteiger partial charge in [0, 0.05) is 31.7 Å². The van der Waals surface area contributed by atoms with Gasteiger partial charge in [0.15, 0.2) is 0 Å². The minimum atomic E-state index is -0.557. The van der Waals surface area contributed by atoms with Gasteiger partial charge in [-0.3, -0.25) is 9.88 Å². The number of methoxy groups -OCH3 is 1. The van der Waals surface area contributed by atoms with Crippen molar-refractivity contribution in [3.8, 4) is 11.3 Å². The fraction of sp³-hybridized carbons (Fsp3) is 0.417. The van der Waals surface area contributed by atoms with E-state index in [1.54, 1.807) is 45.2 Å². The van der Waals surface area contributed by atoms with Crippen molar-refractivity contribution in [2.24, 2.45) is 0 Å². The van der Waals surface area contributed by atoms with E-state index >= 15 is 0 Å². The van der Waals surface area contributed by atoms with Crippen LogP contribution in [0.25, 0.3) is 11.3 Å². The number of urea groups is 1. The Hall–Kier alpha value is -3.62. The second-order valence-electron chi connectivity index (χ2n) is 9.14. The van der Waals surface area contributed by atoms with Crippen LogP contribution in [0.5, 0.6) is 0 Å². The van der Waals surface area contributed by atoms with Crippen LogP contribution in [0.4, 0.5) is 15.3 Å². The van der Waals surface area contributed by atoms with Gasteiger partial charge in [0.25, 0.3) is 0 Å². The van der Waals surface area contributed by atoms with E-state index in [0.29, 0.717) is 37.4 Å². The number of carbonyl (C=O) groups excluding carboxylic acids is 3. The zero-order valence-electron chi connectivity index (χ0n) is 19.3. The molecule has 3 heterocycles. The van der Waals surface area contributed by atoms with Crippen LogP contribution in [-0.4, -0.2) is 77.8 Å². The number of amides is 3. The minimum absolute atomic E-state index is 0.0826. The number of ether oxygens (including phenoxy) is 2. The molecule has 0 spiro atoms. The van der Waals surface area contributed by atoms with E-state index in [-0.39, 0.29) is 24.1 Å². The van der Waals surface area contributed by atoms with Gasteiger partial charge in [-0.05, 0) is 45.0 Å². The molecule has 0 saturated carbocycles. The van der Waals surface area contributed by atoms with E-state index in [1.165, 1.54) is 7.11 Å². The third-order valence-electron chi connectivity index (χ3n) is 5.67. The predicted octanol–water partition coefficient (Wildman–Crippen LogP) is 3.40. The van der Waals surface area contributed by atoms with Crippen molar-refractivity contribution in [2.75, 3.05) is 38.2 Å². The summed E-state index contributed by atoms with van der Waals surface area (Å²) in [6.45, 7) is 7.35. The first-order chi connectivity index (χ1) is 15.7. The number of piperazine rings is 1. The van der Waals surface area contributed by atoms with Crippen LogP contribution in [0.3, 0.4) is 0 Å². The summed E-state index contributed by atoms with van der Waals surface area (Å²) < 4.78 is 10.2. The SMILES string of the molecule is COC(=O)c1ccc(-c2ccc(N3CC4CN(C(=O)OC(C)(C)C)CCN4C3=O)cn2)cc1. The average Bonchev–Trinajstić information content (AvgIpc) is 3.13. The number of aromatic nitrogens is 1. The molecule has 4 rings (SSSR count). The summed E-state index contributed by atoms with van der Waals surface area (Å²) in [5.74, 6) is -0.390. The normalized spacial score (nSPS) is 18.2. The lowest BCUT2D eigenvalue weighted by Gasteiger charge is -2.36. The minimum Gasteiger partial charge on any atom is -0.465 e. The van der Waals surface area contributed by atoms with Crippen LogP contribution in [0.1, 0.15) is 31.1 Å². The number of anilines is 1. The van der Waals surface area contributed by atoms with E-state index < -0.39 is 5.60 Å². The van der Waals surface area contributed by atoms with Gasteiger partial charge in [-0.25, -0.2) is 14.4 Å². The highest BCUT2D eigenvalue weighted by atomic mass is 16.6. The molecule has 0 radical (unpaired) electrons. The van der Waals surface area contributed by atoms with Crippen LogP contribution in [0.2, 0.25) is 0 Å². The summed E-state index contributed by atoms with van der Waals surface area (Å²) >= 11 is 0. The first kappa shape index (κ1) is 22.6. The van der Waals surface area contributed by atoms with Gasteiger partial charge in [-0.2, -0.15) is 0 Å². The third kappa shape index (κ3) is 4.76. The van der Waals surface area contributed by atoms with Crippen LogP contribution >= 0.6 is 0 Å². The van der Waals surface area contributed by atoms with Crippen molar-refractivity contribution in [3.63, 3.8) is 0 Å². The second-order valence-corrected chi connectivity index (χ2v) is 9.14. The number of carbonyl (C=O) groups is 3. The summed E-state index contributed by atoms with van der Waals surface area (Å²) in [5.41, 5.74) is 2.20. The molecule has 0 bridgehead atoms. The molecule has 3 amide bonds. The van der Waals surface area contributed by atoms with Crippen LogP contribution in [0.15, 0.2) is 42.6 Å². The van der Waals surface area contributed by atoms with E-state index in [2.05, 4.69) is 4.98 Å². The van der Waals surface area contributed by atoms with Gasteiger partial charge >= 0.3 is 18.1 Å². The number of fused-ring (bicyclic) bond motifs is 1. The van der Waals surface area contributed by atoms with E-state index in [9.17, 15) is 14.4 Å². The van der Waals surface area contributed by atoms with Gasteiger partial charge in [0.05, 0.1) is 36.3 Å². The number of benzene rings is 1. The number of hydrogen-bond donors (Lipinski definition) is 0. The molecule has 9 nitrogen and oxygen atoms in total. The monoisotopic (exact) mass is 452 g/mol. The van der Waals surface area contributed by atoms with Gasteiger partial charge in [0.1, 0.15) is 5.60 Å². The molecule has 2 saturated heterocycles. The molecule has 1 unspecified atom stereocenters. The molecule has 9 heteroatoms. The van der Waals surface area contributed by atoms with Gasteiger partial charge < -0.3 is 19.3 Å². The molecule has 2 aliphatic heterocycles. The highest BCUT2D eigenvalue weighted by Crippen LogP contribution is 2.28. The quantitative estimate of drug-likeness (QED) is 0.663. The highest BCUT2D eigenvalue weighted by Gasteiger charge is 2.43. The largest absolute Gasteiger partial charge is 0.465 e. The molecule has 2 aromatic rings. The number of hydrogen-bond acceptors (Lipinski definition) is 6. The summed E-state index contributed by atoms with van der Waals surface area (Å²) in [6, 6.07) is 10.5. The number of nitrogens with zero attached hydrogens (tertiary/aromatic N) is 4. The van der Waals surface area contributed by atoms with Crippen molar-refractivity contribution in [1.82, 2.24) is 14.8 Å². The smallest absolute Gasteiger partial charge is 0.410 e. The fourth-order valence-electron chi connectivity index (χ4n) is 4.03. The number of esters is 1. The maximum absolute atomic E-state index is 13.0. The molecule has 1 aromatic heterocycles. The third-order valence-corrected chi connectivity index (χ3v) is 5.67. The lowest BCUT2D eigenvalue weighted by molar-refractivity contribution is 0.0128. The molecule has 0 aliphatic carbocycles. The molecule has 174 valence electrons. The lowest BCUT2D eigenvalue weighted by atomic mass is 10.1. The molecular formula is C24H28N4O5. The zero-order chi connectivity index (χ0) is 23.8. The fourth-order valence-corrected chi connectivity index (χ4v) is 4.03. The van der Waals surface area contributed by atoms with Crippen molar-refractivity contribution < 1.29 is 23.9 Å². The van der Waals surface area contributed by atoms with Crippen LogP contribution in [-0.2, 0) is 9.47 Å². The Kier molecular flexibility index (Phi) is 5.97. The Morgan fingerprint density at radius 1 is 1.03 bits per heavy atom. The Bertz CT molecular complexity index is 1050. The predicted molar refractivity (Wildman–Crippen MR) is 122 cm³/mol. The number of rotatable bonds is 3. The Labute approximate surface area is 192 Å². The van der Waals surface area contributed by atoms with E-state index in [4.69, 9.17) is 9.47 Å². The first-order valence-electron chi connectivity index (χ1n) is 10.9. The van der Waals surface area contributed by atoms with Crippen LogP contribution < -0.4 is 4.90 Å². The molecule has 2 aliphatic rings. The molecule has 1 aromatic carbocycles. The van der Waals surface area contributed by atoms with Gasteiger partial charge in [0.2, 0.25) is 0 Å². The first-order valence-corrected chi connectivity index (χ1v) is 10.9. The zero-order valence-corrected chi connectivity index (χ0v) is 19.3. The molecule has 2 fully saturated rings. The summed E-state index contributed by atoms with van der Waals surface area (Å²) in [6.07, 6.45) is 1.32. The maximum Gasteiger partial charge on any atom is 0.410 e. The second kappa shape index (κ2) is 8.73. The van der Waals surface area contributed by atoms with Gasteiger partial charge in [-0.1, -0.05) is 12.1 Å². The maximum atomic E-state index is 13.0. The van der Waals surface area contributed by atoms with E-state index in [1.807, 2.05) is 32.9 Å². The Balaban J connectivity index is 1.43. The van der Waals surface area contributed by atoms with Crippen molar-refractivity contribution in [3.05, 3.63) is 48.2 Å². The summed E-state index contributed by atoms with van der Waals surface area (Å²) in [5, 5.41) is 0. The van der Waals surface area contributed by atoms with Crippen molar-refractivity contribution in [2.45, 2.75) is 32.4 Å². The van der Waals surface area contributed by atoms with Gasteiger partial charge in [-0.15, -0.1) is 0 Å². The molecule has 33 heavy (non-hydrogen) atoms. The molecular weight excluding hydrogens is 424 g/mol. The molecule has 1 atom stereocenters. The number of pyridine rings is 1. The van der Waals surface area contributed by atoms with Crippen LogP contribution in [0, 0.1) is 0 Å². The standard InChI is InChI=1S/C24H28N4O5/c1-24(2,3)33-23(31)26-11-12-27-19(14-26)15-28(22(27)30)18-9-10-20(25-13-18)16-5-7-17(8-6-16)21(29)32-4/h5-10,13,19H,11-12,14-15H2,1-4H3. The van der Waals surface area contributed by atoms with Crippen molar-refractivity contribution >= 4 is 23.8 Å². The van der Waals surface area contributed by atoms with E-state index in [0.717, 1.165) is 11.3 Å². The topological polar surface area (TPSA) is 92.3 Å². The van der Waals surface area contributed by atoms with Crippen molar-refractivity contribution in [1.29, 1.82) is 0 Å².